The largest absolute Gasteiger partial charge is 0.324 e. The highest BCUT2D eigenvalue weighted by atomic mass is 79.9. The molecule has 0 radical (unpaired) electrons. The predicted octanol–water partition coefficient (Wildman–Crippen LogP) is 8.67. The summed E-state index contributed by atoms with van der Waals surface area (Å²) < 4.78 is 0.892. The van der Waals surface area contributed by atoms with Crippen LogP contribution in [-0.2, 0) is 9.59 Å². The highest BCUT2D eigenvalue weighted by Crippen LogP contribution is 2.31. The summed E-state index contributed by atoms with van der Waals surface area (Å²) >= 11 is 17.0. The number of anilines is 2. The molecule has 0 aliphatic carbocycles. The van der Waals surface area contributed by atoms with E-state index in [1.807, 2.05) is 43.3 Å². The van der Waals surface area contributed by atoms with Crippen LogP contribution in [0.1, 0.15) is 29.3 Å². The molecule has 214 valence electrons. The van der Waals surface area contributed by atoms with Crippen LogP contribution in [0.2, 0.25) is 10.0 Å². The van der Waals surface area contributed by atoms with Crippen molar-refractivity contribution in [3.63, 3.8) is 0 Å². The van der Waals surface area contributed by atoms with E-state index in [2.05, 4.69) is 31.9 Å². The zero-order valence-electron chi connectivity index (χ0n) is 22.4. The first-order valence-electron chi connectivity index (χ1n) is 12.9. The molecule has 1 unspecified atom stereocenters. The Kier molecular flexibility index (Phi) is 11.3. The summed E-state index contributed by atoms with van der Waals surface area (Å²) in [6, 6.07) is 28.1. The second-order valence-corrected chi connectivity index (χ2v) is 12.1. The van der Waals surface area contributed by atoms with Crippen molar-refractivity contribution >= 4 is 86.1 Å². The molecule has 3 N–H and O–H groups in total. The number of benzene rings is 4. The SMILES string of the molecule is CCC(Sc1cccc(NC(=O)/C(=C/c2ccc(Br)cc2)NC(=O)c2ccccc2)c1)C(=O)Nc1ccc(Cl)cc1Cl. The number of nitrogens with one attached hydrogen (secondary N) is 3. The van der Waals surface area contributed by atoms with Crippen molar-refractivity contribution in [2.75, 3.05) is 10.6 Å². The topological polar surface area (TPSA) is 87.3 Å². The molecule has 0 aromatic heterocycles. The summed E-state index contributed by atoms with van der Waals surface area (Å²) in [5.41, 5.74) is 2.23. The summed E-state index contributed by atoms with van der Waals surface area (Å²) in [7, 11) is 0. The van der Waals surface area contributed by atoms with Gasteiger partial charge in [-0.05, 0) is 78.7 Å². The van der Waals surface area contributed by atoms with Gasteiger partial charge in [0.1, 0.15) is 5.70 Å². The highest BCUT2D eigenvalue weighted by Gasteiger charge is 2.20. The normalized spacial score (nSPS) is 11.9. The van der Waals surface area contributed by atoms with Crippen molar-refractivity contribution in [2.24, 2.45) is 0 Å². The summed E-state index contributed by atoms with van der Waals surface area (Å²) in [6.07, 6.45) is 2.17. The molecule has 0 aliphatic rings. The first kappa shape index (κ1) is 31.4. The van der Waals surface area contributed by atoms with Crippen LogP contribution >= 0.6 is 50.9 Å². The van der Waals surface area contributed by atoms with Crippen LogP contribution in [0.4, 0.5) is 11.4 Å². The molecule has 3 amide bonds. The zero-order chi connectivity index (χ0) is 30.1. The maximum Gasteiger partial charge on any atom is 0.272 e. The molecule has 0 heterocycles. The second kappa shape index (κ2) is 15.1. The Hall–Kier alpha value is -3.56. The molecule has 10 heteroatoms. The molecule has 4 aromatic rings. The van der Waals surface area contributed by atoms with Crippen LogP contribution in [0.3, 0.4) is 0 Å². The Morgan fingerprint density at radius 3 is 2.31 bits per heavy atom. The first-order chi connectivity index (χ1) is 20.2. The molecular weight excluding hydrogens is 657 g/mol. The fourth-order valence-electron chi connectivity index (χ4n) is 3.80. The molecule has 0 saturated carbocycles. The Labute approximate surface area is 267 Å². The van der Waals surface area contributed by atoms with E-state index in [9.17, 15) is 14.4 Å². The van der Waals surface area contributed by atoms with Crippen LogP contribution in [0, 0.1) is 0 Å². The maximum absolute atomic E-state index is 13.4. The van der Waals surface area contributed by atoms with Crippen molar-refractivity contribution in [1.29, 1.82) is 0 Å². The van der Waals surface area contributed by atoms with E-state index in [0.717, 1.165) is 14.9 Å². The van der Waals surface area contributed by atoms with Gasteiger partial charge < -0.3 is 16.0 Å². The van der Waals surface area contributed by atoms with E-state index in [1.54, 1.807) is 66.7 Å². The van der Waals surface area contributed by atoms with Crippen LogP contribution < -0.4 is 16.0 Å². The van der Waals surface area contributed by atoms with E-state index >= 15 is 0 Å². The van der Waals surface area contributed by atoms with E-state index in [0.29, 0.717) is 33.4 Å². The minimum atomic E-state index is -0.494. The van der Waals surface area contributed by atoms with Gasteiger partial charge in [-0.25, -0.2) is 0 Å². The Morgan fingerprint density at radius 1 is 0.881 bits per heavy atom. The minimum absolute atomic E-state index is 0.0786. The number of rotatable bonds is 10. The molecule has 0 fully saturated rings. The van der Waals surface area contributed by atoms with Crippen molar-refractivity contribution in [2.45, 2.75) is 23.5 Å². The van der Waals surface area contributed by atoms with Gasteiger partial charge in [0.15, 0.2) is 0 Å². The average Bonchev–Trinajstić information content (AvgIpc) is 2.98. The van der Waals surface area contributed by atoms with Crippen molar-refractivity contribution in [3.05, 3.63) is 128 Å². The van der Waals surface area contributed by atoms with Gasteiger partial charge >= 0.3 is 0 Å². The number of thioether (sulfide) groups is 1. The van der Waals surface area contributed by atoms with Crippen molar-refractivity contribution in [3.8, 4) is 0 Å². The summed E-state index contributed by atoms with van der Waals surface area (Å²) in [4.78, 5) is 40.1. The lowest BCUT2D eigenvalue weighted by Gasteiger charge is -2.16. The highest BCUT2D eigenvalue weighted by molar-refractivity contribution is 9.10. The third kappa shape index (κ3) is 8.97. The van der Waals surface area contributed by atoms with Crippen molar-refractivity contribution in [1.82, 2.24) is 5.32 Å². The fraction of sp³-hybridized carbons (Fsp3) is 0.0938. The monoisotopic (exact) mass is 681 g/mol. The Morgan fingerprint density at radius 2 is 1.62 bits per heavy atom. The lowest BCUT2D eigenvalue weighted by molar-refractivity contribution is -0.116. The van der Waals surface area contributed by atoms with Gasteiger partial charge in [-0.3, -0.25) is 14.4 Å². The molecule has 0 spiro atoms. The Balaban J connectivity index is 1.50. The molecule has 0 saturated heterocycles. The number of hydrogen-bond acceptors (Lipinski definition) is 4. The number of carbonyl (C=O) groups excluding carboxylic acids is 3. The number of carbonyl (C=O) groups is 3. The van der Waals surface area contributed by atoms with Crippen LogP contribution in [-0.4, -0.2) is 23.0 Å². The first-order valence-corrected chi connectivity index (χ1v) is 15.3. The van der Waals surface area contributed by atoms with Crippen LogP contribution in [0.15, 0.2) is 112 Å². The smallest absolute Gasteiger partial charge is 0.272 e. The lowest BCUT2D eigenvalue weighted by Crippen LogP contribution is -2.30. The van der Waals surface area contributed by atoms with Crippen LogP contribution in [0.25, 0.3) is 6.08 Å². The fourth-order valence-corrected chi connectivity index (χ4v) is 5.54. The lowest BCUT2D eigenvalue weighted by atomic mass is 10.1. The Bertz CT molecular complexity index is 1620. The van der Waals surface area contributed by atoms with E-state index in [4.69, 9.17) is 23.2 Å². The number of hydrogen-bond donors (Lipinski definition) is 3. The molecule has 4 rings (SSSR count). The van der Waals surface area contributed by atoms with Gasteiger partial charge in [0.2, 0.25) is 5.91 Å². The molecule has 6 nitrogen and oxygen atoms in total. The summed E-state index contributed by atoms with van der Waals surface area (Å²) in [6.45, 7) is 1.92. The van der Waals surface area contributed by atoms with Gasteiger partial charge in [-0.1, -0.05) is 82.5 Å². The van der Waals surface area contributed by atoms with E-state index in [-0.39, 0.29) is 11.6 Å². The predicted molar refractivity (Wildman–Crippen MR) is 176 cm³/mol. The third-order valence-electron chi connectivity index (χ3n) is 5.93. The molecular formula is C32H26BrCl2N3O3S. The van der Waals surface area contributed by atoms with Crippen molar-refractivity contribution < 1.29 is 14.4 Å². The minimum Gasteiger partial charge on any atom is -0.324 e. The summed E-state index contributed by atoms with van der Waals surface area (Å²) in [5, 5.41) is 8.88. The third-order valence-corrected chi connectivity index (χ3v) is 8.37. The summed E-state index contributed by atoms with van der Waals surface area (Å²) in [5.74, 6) is -1.10. The van der Waals surface area contributed by atoms with E-state index < -0.39 is 17.1 Å². The van der Waals surface area contributed by atoms with Gasteiger partial charge in [0, 0.05) is 25.6 Å². The van der Waals surface area contributed by atoms with Gasteiger partial charge in [0.25, 0.3) is 11.8 Å². The number of halogens is 3. The maximum atomic E-state index is 13.4. The molecule has 0 bridgehead atoms. The van der Waals surface area contributed by atoms with Gasteiger partial charge in [-0.2, -0.15) is 0 Å². The van der Waals surface area contributed by atoms with Crippen LogP contribution in [0.5, 0.6) is 0 Å². The molecule has 1 atom stereocenters. The number of amides is 3. The molecule has 42 heavy (non-hydrogen) atoms. The van der Waals surface area contributed by atoms with Gasteiger partial charge in [-0.15, -0.1) is 11.8 Å². The van der Waals surface area contributed by atoms with E-state index in [1.165, 1.54) is 11.8 Å². The quantitative estimate of drug-likeness (QED) is 0.115. The molecule has 4 aromatic carbocycles. The second-order valence-electron chi connectivity index (χ2n) is 9.04. The average molecular weight is 683 g/mol. The standard InChI is InChI=1S/C32H26BrCl2N3O3S/c1-2-29(32(41)37-27-16-15-23(34)18-26(27)35)42-25-10-6-9-24(19-25)36-31(40)28(17-20-11-13-22(33)14-12-20)38-30(39)21-7-4-3-5-8-21/h3-19,29H,2H2,1H3,(H,36,40)(H,37,41)(H,38,39)/b28-17-. The molecule has 0 aliphatic heterocycles. The zero-order valence-corrected chi connectivity index (χ0v) is 26.3. The van der Waals surface area contributed by atoms with Gasteiger partial charge in [0.05, 0.1) is 16.0 Å².